The first-order valence-corrected chi connectivity index (χ1v) is 8.87. The van der Waals surface area contributed by atoms with E-state index >= 15 is 0 Å². The predicted octanol–water partition coefficient (Wildman–Crippen LogP) is 1.97. The van der Waals surface area contributed by atoms with Gasteiger partial charge in [-0.05, 0) is 35.9 Å². The van der Waals surface area contributed by atoms with Gasteiger partial charge in [0.15, 0.2) is 0 Å². The van der Waals surface area contributed by atoms with Crippen molar-refractivity contribution in [3.63, 3.8) is 0 Å². The van der Waals surface area contributed by atoms with Crippen LogP contribution in [0.2, 0.25) is 0 Å². The molecule has 0 unspecified atom stereocenters. The van der Waals surface area contributed by atoms with Gasteiger partial charge in [-0.25, -0.2) is 13.2 Å². The molecule has 0 atom stereocenters. The van der Waals surface area contributed by atoms with Crippen LogP contribution < -0.4 is 0 Å². The third-order valence-corrected chi connectivity index (χ3v) is 5.33. The molecule has 0 amide bonds. The Balaban J connectivity index is 2.30. The summed E-state index contributed by atoms with van der Waals surface area (Å²) in [4.78, 5) is 15.5. The van der Waals surface area contributed by atoms with E-state index in [1.807, 2.05) is 6.07 Å². The number of hydrogen-bond acceptors (Lipinski definition) is 6. The summed E-state index contributed by atoms with van der Waals surface area (Å²) in [7, 11) is -2.56. The Morgan fingerprint density at radius 1 is 1.28 bits per heavy atom. The fourth-order valence-electron chi connectivity index (χ4n) is 2.18. The maximum Gasteiger partial charge on any atom is 0.337 e. The Morgan fingerprint density at radius 2 is 2.00 bits per heavy atom. The van der Waals surface area contributed by atoms with E-state index in [1.165, 1.54) is 35.7 Å². The highest BCUT2D eigenvalue weighted by Gasteiger charge is 2.24. The highest BCUT2D eigenvalue weighted by Crippen LogP contribution is 2.19. The zero-order valence-electron chi connectivity index (χ0n) is 13.6. The van der Waals surface area contributed by atoms with E-state index in [4.69, 9.17) is 5.26 Å². The summed E-state index contributed by atoms with van der Waals surface area (Å²) < 4.78 is 31.6. The average Bonchev–Trinajstić information content (AvgIpc) is 2.65. The van der Waals surface area contributed by atoms with Gasteiger partial charge in [0.25, 0.3) is 0 Å². The van der Waals surface area contributed by atoms with E-state index in [9.17, 15) is 13.2 Å². The number of carbonyl (C=O) groups is 1. The third-order valence-electron chi connectivity index (χ3n) is 3.47. The van der Waals surface area contributed by atoms with E-state index in [0.717, 1.165) is 5.56 Å². The van der Waals surface area contributed by atoms with E-state index in [1.54, 1.807) is 24.5 Å². The molecule has 0 aliphatic heterocycles. The Labute approximate surface area is 146 Å². The minimum atomic E-state index is -3.82. The van der Waals surface area contributed by atoms with E-state index in [-0.39, 0.29) is 30.0 Å². The minimum Gasteiger partial charge on any atom is -0.465 e. The number of esters is 1. The lowest BCUT2D eigenvalue weighted by molar-refractivity contribution is 0.0600. The van der Waals surface area contributed by atoms with E-state index in [0.29, 0.717) is 0 Å². The molecule has 1 aromatic carbocycles. The standard InChI is InChI=1S/C17H17N3O4S/c1-24-17(21)15-5-7-16(8-6-15)25(22,23)20(11-3-9-18)13-14-4-2-10-19-12-14/h2,4-8,10,12H,3,11,13H2,1H3. The van der Waals surface area contributed by atoms with Gasteiger partial charge in [-0.15, -0.1) is 0 Å². The number of carbonyl (C=O) groups excluding carboxylic acids is 1. The van der Waals surface area contributed by atoms with Crippen molar-refractivity contribution < 1.29 is 17.9 Å². The third kappa shape index (κ3) is 4.62. The molecule has 130 valence electrons. The number of hydrogen-bond donors (Lipinski definition) is 0. The maximum atomic E-state index is 12.9. The summed E-state index contributed by atoms with van der Waals surface area (Å²) in [6.07, 6.45) is 3.25. The van der Waals surface area contributed by atoms with Gasteiger partial charge in [0, 0.05) is 31.9 Å². The number of aromatic nitrogens is 1. The topological polar surface area (TPSA) is 100 Å². The van der Waals surface area contributed by atoms with Crippen LogP contribution in [0.15, 0.2) is 53.7 Å². The number of benzene rings is 1. The number of nitrogens with zero attached hydrogens (tertiary/aromatic N) is 3. The molecule has 1 aromatic heterocycles. The molecule has 0 spiro atoms. The largest absolute Gasteiger partial charge is 0.465 e. The molecule has 0 saturated heterocycles. The van der Waals surface area contributed by atoms with Crippen molar-refractivity contribution in [1.82, 2.24) is 9.29 Å². The van der Waals surface area contributed by atoms with Gasteiger partial charge in [-0.1, -0.05) is 6.07 Å². The molecule has 2 aromatic rings. The lowest BCUT2D eigenvalue weighted by atomic mass is 10.2. The number of sulfonamides is 1. The Hall–Kier alpha value is -2.76. The molecular formula is C17H17N3O4S. The Kier molecular flexibility index (Phi) is 6.22. The van der Waals surface area contributed by atoms with Crippen LogP contribution >= 0.6 is 0 Å². The number of nitriles is 1. The fourth-order valence-corrected chi connectivity index (χ4v) is 3.61. The lowest BCUT2D eigenvalue weighted by Crippen LogP contribution is -2.31. The average molecular weight is 359 g/mol. The maximum absolute atomic E-state index is 12.9. The molecule has 8 heteroatoms. The molecule has 0 radical (unpaired) electrons. The van der Waals surface area contributed by atoms with Gasteiger partial charge in [0.2, 0.25) is 10.0 Å². The van der Waals surface area contributed by atoms with Crippen LogP contribution in [-0.4, -0.2) is 37.3 Å². The Morgan fingerprint density at radius 3 is 2.56 bits per heavy atom. The van der Waals surface area contributed by atoms with Gasteiger partial charge >= 0.3 is 5.97 Å². The van der Waals surface area contributed by atoms with Crippen molar-refractivity contribution in [2.75, 3.05) is 13.7 Å². The molecule has 7 nitrogen and oxygen atoms in total. The predicted molar refractivity (Wildman–Crippen MR) is 89.8 cm³/mol. The first-order valence-electron chi connectivity index (χ1n) is 7.43. The van der Waals surface area contributed by atoms with Crippen LogP contribution in [0.5, 0.6) is 0 Å². The Bertz CT molecular complexity index is 859. The van der Waals surface area contributed by atoms with Crippen LogP contribution in [-0.2, 0) is 21.3 Å². The second-order valence-electron chi connectivity index (χ2n) is 5.12. The SMILES string of the molecule is COC(=O)c1ccc(S(=O)(=O)N(CCC#N)Cc2cccnc2)cc1. The van der Waals surface area contributed by atoms with Crippen molar-refractivity contribution in [2.24, 2.45) is 0 Å². The zero-order chi connectivity index (χ0) is 18.3. The molecule has 0 aliphatic carbocycles. The molecule has 0 saturated carbocycles. The van der Waals surface area contributed by atoms with Gasteiger partial charge in [0.05, 0.1) is 23.6 Å². The normalized spacial score (nSPS) is 11.1. The van der Waals surface area contributed by atoms with Crippen LogP contribution in [0, 0.1) is 11.3 Å². The number of pyridine rings is 1. The van der Waals surface area contributed by atoms with Gasteiger partial charge in [0.1, 0.15) is 0 Å². The number of rotatable bonds is 7. The highest BCUT2D eigenvalue weighted by molar-refractivity contribution is 7.89. The summed E-state index contributed by atoms with van der Waals surface area (Å²) in [6.45, 7) is 0.170. The number of ether oxygens (including phenoxy) is 1. The summed E-state index contributed by atoms with van der Waals surface area (Å²) in [5.41, 5.74) is 0.979. The quantitative estimate of drug-likeness (QED) is 0.701. The molecular weight excluding hydrogens is 342 g/mol. The first-order chi connectivity index (χ1) is 12.0. The van der Waals surface area contributed by atoms with Crippen LogP contribution in [0.4, 0.5) is 0 Å². The fraction of sp³-hybridized carbons (Fsp3) is 0.235. The molecule has 1 heterocycles. The van der Waals surface area contributed by atoms with Crippen molar-refractivity contribution in [1.29, 1.82) is 5.26 Å². The second-order valence-corrected chi connectivity index (χ2v) is 7.06. The van der Waals surface area contributed by atoms with E-state index in [2.05, 4.69) is 9.72 Å². The van der Waals surface area contributed by atoms with Crippen LogP contribution in [0.3, 0.4) is 0 Å². The first kappa shape index (κ1) is 18.6. The minimum absolute atomic E-state index is 0.0435. The van der Waals surface area contributed by atoms with Gasteiger partial charge in [-0.2, -0.15) is 9.57 Å². The van der Waals surface area contributed by atoms with Crippen LogP contribution in [0.1, 0.15) is 22.3 Å². The summed E-state index contributed by atoms with van der Waals surface area (Å²) in [5.74, 6) is -0.541. The molecule has 0 fully saturated rings. The number of methoxy groups -OCH3 is 1. The van der Waals surface area contributed by atoms with Crippen molar-refractivity contribution in [3.8, 4) is 6.07 Å². The molecule has 2 rings (SSSR count). The van der Waals surface area contributed by atoms with Gasteiger partial charge in [-0.3, -0.25) is 4.98 Å². The summed E-state index contributed by atoms with van der Waals surface area (Å²) in [6, 6.07) is 10.9. The lowest BCUT2D eigenvalue weighted by Gasteiger charge is -2.21. The van der Waals surface area contributed by atoms with Crippen molar-refractivity contribution in [2.45, 2.75) is 17.9 Å². The van der Waals surface area contributed by atoms with Crippen molar-refractivity contribution in [3.05, 3.63) is 59.9 Å². The van der Waals surface area contributed by atoms with Crippen LogP contribution in [0.25, 0.3) is 0 Å². The van der Waals surface area contributed by atoms with Gasteiger partial charge < -0.3 is 4.74 Å². The monoisotopic (exact) mass is 359 g/mol. The second kappa shape index (κ2) is 8.37. The molecule has 0 N–H and O–H groups in total. The van der Waals surface area contributed by atoms with Crippen molar-refractivity contribution >= 4 is 16.0 Å². The highest BCUT2D eigenvalue weighted by atomic mass is 32.2. The summed E-state index contributed by atoms with van der Waals surface area (Å²) >= 11 is 0. The smallest absolute Gasteiger partial charge is 0.337 e. The molecule has 0 bridgehead atoms. The zero-order valence-corrected chi connectivity index (χ0v) is 14.4. The van der Waals surface area contributed by atoms with E-state index < -0.39 is 16.0 Å². The molecule has 25 heavy (non-hydrogen) atoms. The molecule has 0 aliphatic rings. The summed E-state index contributed by atoms with van der Waals surface area (Å²) in [5, 5.41) is 8.81.